The van der Waals surface area contributed by atoms with Gasteiger partial charge in [0, 0.05) is 17.3 Å². The van der Waals surface area contributed by atoms with Gasteiger partial charge in [-0.1, -0.05) is 23.7 Å². The number of carbonyl (C=O) groups excluding carboxylic acids is 2. The Balaban J connectivity index is 1.89. The molecule has 25 heavy (non-hydrogen) atoms. The second-order valence-corrected chi connectivity index (χ2v) is 5.78. The number of methoxy groups -OCH3 is 1. The van der Waals surface area contributed by atoms with Crippen molar-refractivity contribution in [2.24, 2.45) is 0 Å². The molecule has 0 aliphatic heterocycles. The summed E-state index contributed by atoms with van der Waals surface area (Å²) < 4.78 is 10.2. The molecule has 2 aromatic rings. The third kappa shape index (κ3) is 5.12. The van der Waals surface area contributed by atoms with Crippen LogP contribution >= 0.6 is 11.6 Å². The van der Waals surface area contributed by atoms with E-state index in [-0.39, 0.29) is 11.3 Å². The Morgan fingerprint density at radius 1 is 1.20 bits per heavy atom. The summed E-state index contributed by atoms with van der Waals surface area (Å²) in [5.41, 5.74) is 7.00. The molecule has 0 aliphatic rings. The Kier molecular flexibility index (Phi) is 6.25. The fourth-order valence-corrected chi connectivity index (χ4v) is 2.25. The lowest BCUT2D eigenvalue weighted by Crippen LogP contribution is -2.35. The number of anilines is 1. The zero-order valence-corrected chi connectivity index (χ0v) is 14.7. The summed E-state index contributed by atoms with van der Waals surface area (Å²) in [5.74, 6) is -0.351. The molecule has 6 nitrogen and oxygen atoms in total. The van der Waals surface area contributed by atoms with E-state index >= 15 is 0 Å². The molecule has 1 amide bonds. The molecule has 3 N–H and O–H groups in total. The van der Waals surface area contributed by atoms with Crippen molar-refractivity contribution in [1.29, 1.82) is 0 Å². The number of halogens is 1. The summed E-state index contributed by atoms with van der Waals surface area (Å²) in [6.45, 7) is 1.81. The van der Waals surface area contributed by atoms with Crippen molar-refractivity contribution in [2.75, 3.05) is 12.8 Å². The number of benzene rings is 2. The smallest absolute Gasteiger partial charge is 0.341 e. The van der Waals surface area contributed by atoms with Crippen molar-refractivity contribution in [1.82, 2.24) is 5.32 Å². The first-order valence-electron chi connectivity index (χ1n) is 7.57. The summed E-state index contributed by atoms with van der Waals surface area (Å²) in [6.07, 6.45) is -0.958. The van der Waals surface area contributed by atoms with Crippen LogP contribution in [0.3, 0.4) is 0 Å². The molecule has 0 saturated carbocycles. The van der Waals surface area contributed by atoms with Crippen LogP contribution in [0.25, 0.3) is 0 Å². The summed E-state index contributed by atoms with van der Waals surface area (Å²) in [6, 6.07) is 11.7. The van der Waals surface area contributed by atoms with Gasteiger partial charge < -0.3 is 20.5 Å². The topological polar surface area (TPSA) is 90.6 Å². The number of nitrogens with two attached hydrogens (primary N) is 1. The zero-order valence-electron chi connectivity index (χ0n) is 13.9. The van der Waals surface area contributed by atoms with Gasteiger partial charge in [-0.25, -0.2) is 4.79 Å². The van der Waals surface area contributed by atoms with Crippen LogP contribution in [0.1, 0.15) is 22.8 Å². The molecule has 0 unspecified atom stereocenters. The zero-order chi connectivity index (χ0) is 18.4. The van der Waals surface area contributed by atoms with Crippen molar-refractivity contribution in [3.8, 4) is 5.75 Å². The maximum absolute atomic E-state index is 12.1. The van der Waals surface area contributed by atoms with Crippen molar-refractivity contribution in [3.05, 3.63) is 58.6 Å². The summed E-state index contributed by atoms with van der Waals surface area (Å²) in [4.78, 5) is 24.2. The van der Waals surface area contributed by atoms with Gasteiger partial charge in [-0.05, 0) is 42.8 Å². The predicted octanol–water partition coefficient (Wildman–Crippen LogP) is 2.79. The number of hydrogen-bond donors (Lipinski definition) is 2. The number of amides is 1. The second kappa shape index (κ2) is 8.39. The monoisotopic (exact) mass is 362 g/mol. The highest BCUT2D eigenvalue weighted by Crippen LogP contribution is 2.19. The molecule has 0 fully saturated rings. The van der Waals surface area contributed by atoms with E-state index in [1.807, 2.05) is 12.1 Å². The highest BCUT2D eigenvalue weighted by Gasteiger charge is 2.20. The average molecular weight is 363 g/mol. The molecule has 132 valence electrons. The number of esters is 1. The van der Waals surface area contributed by atoms with Crippen molar-refractivity contribution in [3.63, 3.8) is 0 Å². The van der Waals surface area contributed by atoms with E-state index < -0.39 is 18.0 Å². The van der Waals surface area contributed by atoms with Gasteiger partial charge >= 0.3 is 5.97 Å². The Labute approximate surface area is 150 Å². The van der Waals surface area contributed by atoms with Gasteiger partial charge in [0.2, 0.25) is 0 Å². The van der Waals surface area contributed by atoms with E-state index in [1.54, 1.807) is 19.2 Å². The standard InChI is InChI=1S/C18H19ClN2O4/c1-11(25-18(23)15-8-5-13(19)9-16(15)20)17(22)21-10-12-3-6-14(24-2)7-4-12/h3-9,11H,10,20H2,1-2H3,(H,21,22)/t11-/m0/s1. The third-order valence-corrected chi connectivity index (χ3v) is 3.75. The first kappa shape index (κ1) is 18.6. The van der Waals surface area contributed by atoms with Crippen LogP contribution in [0, 0.1) is 0 Å². The van der Waals surface area contributed by atoms with Crippen LogP contribution in [0.2, 0.25) is 5.02 Å². The highest BCUT2D eigenvalue weighted by molar-refractivity contribution is 6.31. The number of hydrogen-bond acceptors (Lipinski definition) is 5. The maximum Gasteiger partial charge on any atom is 0.341 e. The highest BCUT2D eigenvalue weighted by atomic mass is 35.5. The van der Waals surface area contributed by atoms with Crippen molar-refractivity contribution in [2.45, 2.75) is 19.6 Å². The Morgan fingerprint density at radius 3 is 2.48 bits per heavy atom. The van der Waals surface area contributed by atoms with Gasteiger partial charge in [-0.15, -0.1) is 0 Å². The van der Waals surface area contributed by atoms with Gasteiger partial charge in [0.05, 0.1) is 12.7 Å². The van der Waals surface area contributed by atoms with Gasteiger partial charge in [-0.3, -0.25) is 4.79 Å². The molecule has 0 aliphatic carbocycles. The number of nitrogens with one attached hydrogen (secondary N) is 1. The Morgan fingerprint density at radius 2 is 1.88 bits per heavy atom. The maximum atomic E-state index is 12.1. The Bertz CT molecular complexity index is 762. The lowest BCUT2D eigenvalue weighted by molar-refractivity contribution is -0.129. The number of ether oxygens (including phenoxy) is 2. The second-order valence-electron chi connectivity index (χ2n) is 5.34. The number of nitrogen functional groups attached to an aromatic ring is 1. The van der Waals surface area contributed by atoms with E-state index in [0.29, 0.717) is 11.6 Å². The van der Waals surface area contributed by atoms with Gasteiger partial charge in [0.25, 0.3) is 5.91 Å². The fraction of sp³-hybridized carbons (Fsp3) is 0.222. The van der Waals surface area contributed by atoms with Crippen molar-refractivity contribution < 1.29 is 19.1 Å². The molecule has 0 saturated heterocycles. The minimum absolute atomic E-state index is 0.166. The molecule has 2 rings (SSSR count). The van der Waals surface area contributed by atoms with E-state index in [9.17, 15) is 9.59 Å². The summed E-state index contributed by atoms with van der Waals surface area (Å²) in [7, 11) is 1.58. The van der Waals surface area contributed by atoms with Gasteiger partial charge in [-0.2, -0.15) is 0 Å². The lowest BCUT2D eigenvalue weighted by Gasteiger charge is -2.14. The molecule has 0 heterocycles. The summed E-state index contributed by atoms with van der Waals surface area (Å²) >= 11 is 5.79. The first-order valence-corrected chi connectivity index (χ1v) is 7.95. The van der Waals surface area contributed by atoms with Crippen LogP contribution < -0.4 is 15.8 Å². The molecule has 0 radical (unpaired) electrons. The van der Waals surface area contributed by atoms with Crippen LogP contribution in [0.4, 0.5) is 5.69 Å². The normalized spacial score (nSPS) is 11.5. The third-order valence-electron chi connectivity index (χ3n) is 3.51. The number of carbonyl (C=O) groups is 2. The molecular weight excluding hydrogens is 344 g/mol. The van der Waals surface area contributed by atoms with E-state index in [4.69, 9.17) is 26.8 Å². The minimum atomic E-state index is -0.958. The molecule has 0 aromatic heterocycles. The quantitative estimate of drug-likeness (QED) is 0.609. The largest absolute Gasteiger partial charge is 0.497 e. The summed E-state index contributed by atoms with van der Waals surface area (Å²) in [5, 5.41) is 3.12. The van der Waals surface area contributed by atoms with Crippen LogP contribution in [-0.4, -0.2) is 25.1 Å². The van der Waals surface area contributed by atoms with E-state index in [2.05, 4.69) is 5.32 Å². The van der Waals surface area contributed by atoms with E-state index in [1.165, 1.54) is 25.1 Å². The molecular formula is C18H19ClN2O4. The Hall–Kier alpha value is -2.73. The van der Waals surface area contributed by atoms with Crippen molar-refractivity contribution >= 4 is 29.2 Å². The first-order chi connectivity index (χ1) is 11.9. The van der Waals surface area contributed by atoms with Gasteiger partial charge in [0.15, 0.2) is 6.10 Å². The molecule has 1 atom stereocenters. The fourth-order valence-electron chi connectivity index (χ4n) is 2.07. The lowest BCUT2D eigenvalue weighted by atomic mass is 10.2. The number of rotatable bonds is 6. The molecule has 7 heteroatoms. The van der Waals surface area contributed by atoms with E-state index in [0.717, 1.165) is 11.3 Å². The predicted molar refractivity (Wildman–Crippen MR) is 95.6 cm³/mol. The van der Waals surface area contributed by atoms with Crippen LogP contribution in [-0.2, 0) is 16.1 Å². The SMILES string of the molecule is COc1ccc(CNC(=O)[C@H](C)OC(=O)c2ccc(Cl)cc2N)cc1. The van der Waals surface area contributed by atoms with Crippen LogP contribution in [0.5, 0.6) is 5.75 Å². The minimum Gasteiger partial charge on any atom is -0.497 e. The molecule has 0 spiro atoms. The molecule has 0 bridgehead atoms. The molecule has 2 aromatic carbocycles. The van der Waals surface area contributed by atoms with Crippen LogP contribution in [0.15, 0.2) is 42.5 Å². The van der Waals surface area contributed by atoms with Gasteiger partial charge in [0.1, 0.15) is 5.75 Å². The average Bonchev–Trinajstić information content (AvgIpc) is 2.59.